The SMILES string of the molecule is CN(C)c1cc(N2C[C@H](O)C[C@@H]2CNC(=O)CCn2cc(Cl)cn2)ncn1. The summed E-state index contributed by atoms with van der Waals surface area (Å²) in [6.45, 7) is 1.39. The summed E-state index contributed by atoms with van der Waals surface area (Å²) in [6, 6.07) is 1.86. The molecule has 3 heterocycles. The van der Waals surface area contributed by atoms with Gasteiger partial charge in [-0.1, -0.05) is 11.6 Å². The molecule has 0 bridgehead atoms. The number of rotatable bonds is 7. The number of amides is 1. The molecular formula is C17H24ClN7O2. The van der Waals surface area contributed by atoms with Gasteiger partial charge in [0.05, 0.1) is 23.4 Å². The van der Waals surface area contributed by atoms with Gasteiger partial charge in [0.25, 0.3) is 0 Å². The van der Waals surface area contributed by atoms with Gasteiger partial charge in [0.1, 0.15) is 18.0 Å². The number of hydrogen-bond acceptors (Lipinski definition) is 7. The molecule has 0 spiro atoms. The molecule has 1 aliphatic rings. The molecule has 0 aliphatic carbocycles. The van der Waals surface area contributed by atoms with Crippen molar-refractivity contribution in [1.82, 2.24) is 25.1 Å². The first-order valence-electron chi connectivity index (χ1n) is 8.81. The molecule has 0 aromatic carbocycles. The van der Waals surface area contributed by atoms with E-state index in [-0.39, 0.29) is 11.9 Å². The average Bonchev–Trinajstić information content (AvgIpc) is 3.23. The van der Waals surface area contributed by atoms with E-state index >= 15 is 0 Å². The summed E-state index contributed by atoms with van der Waals surface area (Å²) in [4.78, 5) is 24.6. The molecule has 1 fully saturated rings. The maximum Gasteiger partial charge on any atom is 0.221 e. The van der Waals surface area contributed by atoms with Gasteiger partial charge in [-0.2, -0.15) is 5.10 Å². The highest BCUT2D eigenvalue weighted by atomic mass is 35.5. The summed E-state index contributed by atoms with van der Waals surface area (Å²) in [7, 11) is 3.82. The molecule has 1 amide bonds. The predicted molar refractivity (Wildman–Crippen MR) is 103 cm³/mol. The fraction of sp³-hybridized carbons (Fsp3) is 0.529. The Kier molecular flexibility index (Phi) is 6.12. The summed E-state index contributed by atoms with van der Waals surface area (Å²) in [5.74, 6) is 1.47. The monoisotopic (exact) mass is 393 g/mol. The van der Waals surface area contributed by atoms with E-state index in [1.54, 1.807) is 17.1 Å². The highest BCUT2D eigenvalue weighted by Crippen LogP contribution is 2.25. The molecule has 0 unspecified atom stereocenters. The number of halogens is 1. The van der Waals surface area contributed by atoms with E-state index in [0.29, 0.717) is 37.5 Å². The Morgan fingerprint density at radius 1 is 1.44 bits per heavy atom. The van der Waals surface area contributed by atoms with Crippen LogP contribution in [0.25, 0.3) is 0 Å². The van der Waals surface area contributed by atoms with Gasteiger partial charge in [0.15, 0.2) is 0 Å². The van der Waals surface area contributed by atoms with Crippen LogP contribution in [0.1, 0.15) is 12.8 Å². The summed E-state index contributed by atoms with van der Waals surface area (Å²) < 4.78 is 1.64. The highest BCUT2D eigenvalue weighted by molar-refractivity contribution is 6.30. The Bertz CT molecular complexity index is 782. The first kappa shape index (κ1) is 19.4. The summed E-state index contributed by atoms with van der Waals surface area (Å²) in [5.41, 5.74) is 0. The number of aryl methyl sites for hydroxylation is 1. The lowest BCUT2D eigenvalue weighted by atomic mass is 10.2. The summed E-state index contributed by atoms with van der Waals surface area (Å²) >= 11 is 5.82. The van der Waals surface area contributed by atoms with Gasteiger partial charge in [-0.15, -0.1) is 0 Å². The van der Waals surface area contributed by atoms with Crippen LogP contribution in [0.2, 0.25) is 5.02 Å². The number of anilines is 2. The quantitative estimate of drug-likeness (QED) is 0.708. The van der Waals surface area contributed by atoms with Crippen LogP contribution in [-0.4, -0.2) is 70.1 Å². The van der Waals surface area contributed by atoms with Crippen molar-refractivity contribution in [3.8, 4) is 0 Å². The standard InChI is InChI=1S/C17H24ClN7O2/c1-23(2)15-6-16(21-11-20-15)25-10-14(26)5-13(25)8-19-17(27)3-4-24-9-12(18)7-22-24/h6-7,9,11,13-14,26H,3-5,8,10H2,1-2H3,(H,19,27)/t13-,14-/m1/s1. The molecular weight excluding hydrogens is 370 g/mol. The van der Waals surface area contributed by atoms with Gasteiger partial charge in [-0.3, -0.25) is 9.48 Å². The molecule has 0 radical (unpaired) electrons. The second-order valence-electron chi connectivity index (χ2n) is 6.80. The fourth-order valence-corrected chi connectivity index (χ4v) is 3.26. The number of nitrogens with one attached hydrogen (secondary N) is 1. The molecule has 2 aromatic heterocycles. The third kappa shape index (κ3) is 5.08. The second kappa shape index (κ2) is 8.53. The van der Waals surface area contributed by atoms with E-state index in [9.17, 15) is 9.90 Å². The van der Waals surface area contributed by atoms with Crippen molar-refractivity contribution in [2.75, 3.05) is 37.0 Å². The van der Waals surface area contributed by atoms with Crippen LogP contribution in [0.3, 0.4) is 0 Å². The van der Waals surface area contributed by atoms with Gasteiger partial charge in [0, 0.05) is 52.4 Å². The van der Waals surface area contributed by atoms with Crippen LogP contribution in [0.4, 0.5) is 11.6 Å². The van der Waals surface area contributed by atoms with E-state index in [1.165, 1.54) is 6.33 Å². The van der Waals surface area contributed by atoms with Crippen LogP contribution in [-0.2, 0) is 11.3 Å². The molecule has 3 rings (SSSR count). The maximum atomic E-state index is 12.1. The Morgan fingerprint density at radius 2 is 2.26 bits per heavy atom. The third-order valence-electron chi connectivity index (χ3n) is 4.49. The second-order valence-corrected chi connectivity index (χ2v) is 7.24. The van der Waals surface area contributed by atoms with Crippen LogP contribution >= 0.6 is 11.6 Å². The predicted octanol–water partition coefficient (Wildman–Crippen LogP) is 0.539. The average molecular weight is 394 g/mol. The van der Waals surface area contributed by atoms with Crippen LogP contribution in [0.5, 0.6) is 0 Å². The van der Waals surface area contributed by atoms with Crippen molar-refractivity contribution in [3.63, 3.8) is 0 Å². The number of hydrogen-bond donors (Lipinski definition) is 2. The van der Waals surface area contributed by atoms with Crippen LogP contribution < -0.4 is 15.1 Å². The molecule has 10 heteroatoms. The lowest BCUT2D eigenvalue weighted by Crippen LogP contribution is -2.40. The summed E-state index contributed by atoms with van der Waals surface area (Å²) in [6.07, 6.45) is 5.18. The minimum absolute atomic E-state index is 0.0204. The largest absolute Gasteiger partial charge is 0.391 e. The Hall–Kier alpha value is -2.39. The van der Waals surface area contributed by atoms with Crippen LogP contribution in [0, 0.1) is 0 Å². The zero-order chi connectivity index (χ0) is 19.4. The maximum absolute atomic E-state index is 12.1. The molecule has 146 valence electrons. The minimum atomic E-state index is -0.448. The highest BCUT2D eigenvalue weighted by Gasteiger charge is 2.32. The van der Waals surface area contributed by atoms with Crippen molar-refractivity contribution < 1.29 is 9.90 Å². The molecule has 27 heavy (non-hydrogen) atoms. The van der Waals surface area contributed by atoms with Crippen molar-refractivity contribution in [3.05, 3.63) is 29.8 Å². The fourth-order valence-electron chi connectivity index (χ4n) is 3.10. The third-order valence-corrected chi connectivity index (χ3v) is 4.68. The molecule has 2 N–H and O–H groups in total. The Labute approximate surface area is 163 Å². The van der Waals surface area contributed by atoms with Gasteiger partial charge in [-0.05, 0) is 6.42 Å². The number of nitrogens with zero attached hydrogens (tertiary/aromatic N) is 6. The Balaban J connectivity index is 1.56. The van der Waals surface area contributed by atoms with E-state index < -0.39 is 6.10 Å². The normalized spacial score (nSPS) is 19.3. The number of carbonyl (C=O) groups excluding carboxylic acids is 1. The van der Waals surface area contributed by atoms with E-state index in [1.807, 2.05) is 30.0 Å². The minimum Gasteiger partial charge on any atom is -0.391 e. The molecule has 2 atom stereocenters. The number of aliphatic hydroxyl groups is 1. The van der Waals surface area contributed by atoms with E-state index in [2.05, 4.69) is 20.4 Å². The van der Waals surface area contributed by atoms with Crippen molar-refractivity contribution >= 4 is 29.1 Å². The van der Waals surface area contributed by atoms with Crippen molar-refractivity contribution in [2.24, 2.45) is 0 Å². The van der Waals surface area contributed by atoms with Gasteiger partial charge in [0.2, 0.25) is 5.91 Å². The lowest BCUT2D eigenvalue weighted by Gasteiger charge is -2.26. The number of β-amino-alcohol motifs (C(OH)–C–C–N with tert-alkyl or cyclic N) is 1. The lowest BCUT2D eigenvalue weighted by molar-refractivity contribution is -0.121. The van der Waals surface area contributed by atoms with Crippen molar-refractivity contribution in [2.45, 2.75) is 31.5 Å². The summed E-state index contributed by atoms with van der Waals surface area (Å²) in [5, 5.41) is 17.6. The number of carbonyl (C=O) groups is 1. The Morgan fingerprint density at radius 3 is 2.96 bits per heavy atom. The van der Waals surface area contributed by atoms with Crippen molar-refractivity contribution in [1.29, 1.82) is 0 Å². The molecule has 9 nitrogen and oxygen atoms in total. The first-order valence-corrected chi connectivity index (χ1v) is 9.19. The zero-order valence-corrected chi connectivity index (χ0v) is 16.2. The van der Waals surface area contributed by atoms with Gasteiger partial charge >= 0.3 is 0 Å². The first-order chi connectivity index (χ1) is 12.9. The van der Waals surface area contributed by atoms with E-state index in [4.69, 9.17) is 11.6 Å². The molecule has 1 aliphatic heterocycles. The number of aromatic nitrogens is 4. The topological polar surface area (TPSA) is 99.4 Å². The number of aliphatic hydroxyl groups excluding tert-OH is 1. The molecule has 0 saturated carbocycles. The van der Waals surface area contributed by atoms with Crippen LogP contribution in [0.15, 0.2) is 24.8 Å². The van der Waals surface area contributed by atoms with E-state index in [0.717, 1.165) is 11.6 Å². The van der Waals surface area contributed by atoms with Gasteiger partial charge in [-0.25, -0.2) is 9.97 Å². The molecule has 1 saturated heterocycles. The van der Waals surface area contributed by atoms with Gasteiger partial charge < -0.3 is 20.2 Å². The smallest absolute Gasteiger partial charge is 0.221 e. The zero-order valence-electron chi connectivity index (χ0n) is 15.4. The molecule has 2 aromatic rings.